The van der Waals surface area contributed by atoms with Crippen molar-refractivity contribution in [2.24, 2.45) is 14.1 Å². The number of hydrogen-bond acceptors (Lipinski definition) is 5. The van der Waals surface area contributed by atoms with Gasteiger partial charge in [-0.25, -0.2) is 28.5 Å². The van der Waals surface area contributed by atoms with Crippen LogP contribution in [0.2, 0.25) is 4.47 Å². The molecule has 9 heteroatoms. The largest absolute Gasteiger partial charge is 0.380 e. The molecule has 7 nitrogen and oxygen atoms in total. The summed E-state index contributed by atoms with van der Waals surface area (Å²) in [5.41, 5.74) is 0.543. The van der Waals surface area contributed by atoms with Crippen molar-refractivity contribution < 1.29 is 0 Å². The van der Waals surface area contributed by atoms with Crippen molar-refractivity contribution in [2.45, 2.75) is 6.54 Å². The second kappa shape index (κ2) is 6.05. The first-order valence-corrected chi connectivity index (χ1v) is 7.96. The Morgan fingerprint density at radius 2 is 1.91 bits per heavy atom. The highest BCUT2D eigenvalue weighted by Crippen LogP contribution is 2.19. The van der Waals surface area contributed by atoms with Gasteiger partial charge in [-0.2, -0.15) is 0 Å². The number of anilines is 1. The van der Waals surface area contributed by atoms with Gasteiger partial charge in [0, 0.05) is 30.9 Å². The summed E-state index contributed by atoms with van der Waals surface area (Å²) in [5.74, 6) is 0. The highest BCUT2D eigenvalue weighted by atomic mass is 35.5. The van der Waals surface area contributed by atoms with Gasteiger partial charge in [-0.1, -0.05) is 17.7 Å². The van der Waals surface area contributed by atoms with Gasteiger partial charge in [0.15, 0.2) is 4.47 Å². The molecular formula is C14H14ClN5O2S. The lowest BCUT2D eigenvalue weighted by molar-refractivity contribution is 0.565. The summed E-state index contributed by atoms with van der Waals surface area (Å²) in [6.45, 7) is 0.565. The van der Waals surface area contributed by atoms with E-state index in [9.17, 15) is 9.59 Å². The van der Waals surface area contributed by atoms with Crippen molar-refractivity contribution in [1.82, 2.24) is 18.9 Å². The molecular weight excluding hydrogens is 338 g/mol. The summed E-state index contributed by atoms with van der Waals surface area (Å²) in [6.07, 6.45) is 1.71. The summed E-state index contributed by atoms with van der Waals surface area (Å²) >= 11 is 7.20. The lowest BCUT2D eigenvalue weighted by atomic mass is 10.2. The number of aromatic nitrogens is 4. The van der Waals surface area contributed by atoms with Crippen molar-refractivity contribution in [2.75, 3.05) is 5.32 Å². The highest BCUT2D eigenvalue weighted by molar-refractivity contribution is 7.15. The van der Waals surface area contributed by atoms with E-state index in [1.165, 1.54) is 20.7 Å². The molecule has 0 aliphatic heterocycles. The third kappa shape index (κ3) is 2.95. The van der Waals surface area contributed by atoms with Crippen molar-refractivity contribution in [3.8, 4) is 5.69 Å². The Bertz CT molecular complexity index is 935. The molecule has 0 aliphatic carbocycles. The van der Waals surface area contributed by atoms with E-state index in [-0.39, 0.29) is 11.4 Å². The molecule has 0 radical (unpaired) electrons. The zero-order valence-electron chi connectivity index (χ0n) is 12.5. The number of rotatable bonds is 4. The van der Waals surface area contributed by atoms with E-state index >= 15 is 0 Å². The zero-order chi connectivity index (χ0) is 16.6. The van der Waals surface area contributed by atoms with Crippen LogP contribution in [-0.2, 0) is 20.6 Å². The van der Waals surface area contributed by atoms with E-state index in [2.05, 4.69) is 10.3 Å². The predicted molar refractivity (Wildman–Crippen MR) is 90.7 cm³/mol. The molecule has 3 aromatic rings. The number of nitrogens with zero attached hydrogens (tertiary/aromatic N) is 4. The quantitative estimate of drug-likeness (QED) is 0.774. The average Bonchev–Trinajstić information content (AvgIpc) is 3.04. The molecule has 0 atom stereocenters. The molecule has 23 heavy (non-hydrogen) atoms. The average molecular weight is 352 g/mol. The van der Waals surface area contributed by atoms with Gasteiger partial charge in [0.1, 0.15) is 0 Å². The van der Waals surface area contributed by atoms with Crippen LogP contribution >= 0.6 is 22.9 Å². The van der Waals surface area contributed by atoms with Gasteiger partial charge in [0.2, 0.25) is 0 Å². The lowest BCUT2D eigenvalue weighted by Gasteiger charge is -2.06. The fraction of sp³-hybridized carbons (Fsp3) is 0.214. The van der Waals surface area contributed by atoms with Gasteiger partial charge in [0.25, 0.3) is 0 Å². The van der Waals surface area contributed by atoms with E-state index in [1.807, 2.05) is 6.07 Å². The molecule has 120 valence electrons. The van der Waals surface area contributed by atoms with E-state index in [0.717, 1.165) is 15.1 Å². The van der Waals surface area contributed by atoms with Crippen LogP contribution in [0.15, 0.2) is 40.1 Å². The second-order valence-corrected chi connectivity index (χ2v) is 6.63. The van der Waals surface area contributed by atoms with Crippen LogP contribution in [0.4, 0.5) is 5.69 Å². The fourth-order valence-electron chi connectivity index (χ4n) is 2.16. The molecule has 2 heterocycles. The van der Waals surface area contributed by atoms with E-state index in [0.29, 0.717) is 16.7 Å². The molecule has 2 aromatic heterocycles. The monoisotopic (exact) mass is 351 g/mol. The van der Waals surface area contributed by atoms with Crippen LogP contribution in [0.5, 0.6) is 0 Å². The van der Waals surface area contributed by atoms with Crippen LogP contribution in [0.25, 0.3) is 5.69 Å². The van der Waals surface area contributed by atoms with Crippen molar-refractivity contribution in [3.63, 3.8) is 0 Å². The van der Waals surface area contributed by atoms with Crippen molar-refractivity contribution in [3.05, 3.63) is 60.8 Å². The minimum Gasteiger partial charge on any atom is -0.380 e. The molecule has 0 spiro atoms. The Labute approximate surface area is 140 Å². The first kappa shape index (κ1) is 15.6. The number of benzene rings is 1. The van der Waals surface area contributed by atoms with Crippen LogP contribution in [-0.4, -0.2) is 18.9 Å². The highest BCUT2D eigenvalue weighted by Gasteiger charge is 2.12. The molecule has 0 unspecified atom stereocenters. The Hall–Kier alpha value is -2.32. The van der Waals surface area contributed by atoms with Crippen LogP contribution in [0.1, 0.15) is 4.88 Å². The van der Waals surface area contributed by atoms with Gasteiger partial charge in [-0.15, -0.1) is 11.3 Å². The summed E-state index contributed by atoms with van der Waals surface area (Å²) < 4.78 is 4.16. The van der Waals surface area contributed by atoms with Crippen LogP contribution in [0, 0.1) is 0 Å². The minimum atomic E-state index is -0.385. The molecule has 3 rings (SSSR count). The standard InChI is InChI=1S/C14H14ClN5O2S/c1-18-13(21)20(14(22)19(18)2)10-5-3-4-9(6-10)16-7-11-8-17-12(15)23-11/h3-6,8,16H,7H2,1-2H3. The fourth-order valence-corrected chi connectivity index (χ4v) is 3.08. The predicted octanol–water partition coefficient (Wildman–Crippen LogP) is 1.60. The SMILES string of the molecule is Cn1c(=O)n(-c2cccc(NCc3cnc(Cl)s3)c2)c(=O)n1C. The Morgan fingerprint density at radius 1 is 1.22 bits per heavy atom. The van der Waals surface area contributed by atoms with Crippen molar-refractivity contribution >= 4 is 28.6 Å². The smallest absolute Gasteiger partial charge is 0.351 e. The molecule has 0 bridgehead atoms. The molecule has 0 amide bonds. The molecule has 0 aliphatic rings. The summed E-state index contributed by atoms with van der Waals surface area (Å²) in [5, 5.41) is 3.23. The molecule has 1 aromatic carbocycles. The first-order chi connectivity index (χ1) is 11.0. The molecule has 0 saturated heterocycles. The second-order valence-electron chi connectivity index (χ2n) is 4.93. The maximum Gasteiger partial charge on any atom is 0.351 e. The van der Waals surface area contributed by atoms with E-state index in [1.54, 1.807) is 38.5 Å². The topological polar surface area (TPSA) is 73.8 Å². The number of halogens is 1. The summed E-state index contributed by atoms with van der Waals surface area (Å²) in [7, 11) is 3.10. The van der Waals surface area contributed by atoms with Gasteiger partial charge in [-0.05, 0) is 18.2 Å². The van der Waals surface area contributed by atoms with Crippen LogP contribution in [0.3, 0.4) is 0 Å². The third-order valence-electron chi connectivity index (χ3n) is 3.48. The summed E-state index contributed by atoms with van der Waals surface area (Å²) in [4.78, 5) is 29.3. The normalized spacial score (nSPS) is 10.9. The van der Waals surface area contributed by atoms with Gasteiger partial charge in [-0.3, -0.25) is 0 Å². The lowest BCUT2D eigenvalue weighted by Crippen LogP contribution is -2.26. The van der Waals surface area contributed by atoms with Gasteiger partial charge >= 0.3 is 11.4 Å². The molecule has 1 N–H and O–H groups in total. The third-order valence-corrected chi connectivity index (χ3v) is 4.60. The Morgan fingerprint density at radius 3 is 2.52 bits per heavy atom. The van der Waals surface area contributed by atoms with E-state index < -0.39 is 0 Å². The van der Waals surface area contributed by atoms with E-state index in [4.69, 9.17) is 11.6 Å². The first-order valence-electron chi connectivity index (χ1n) is 6.77. The molecule has 0 saturated carbocycles. The van der Waals surface area contributed by atoms with Gasteiger partial charge < -0.3 is 5.32 Å². The summed E-state index contributed by atoms with van der Waals surface area (Å²) in [6, 6.07) is 7.13. The maximum absolute atomic E-state index is 12.2. The maximum atomic E-state index is 12.2. The molecule has 0 fully saturated rings. The van der Waals surface area contributed by atoms with Gasteiger partial charge in [0.05, 0.1) is 12.2 Å². The number of nitrogens with one attached hydrogen (secondary N) is 1. The van der Waals surface area contributed by atoms with Crippen molar-refractivity contribution in [1.29, 1.82) is 0 Å². The zero-order valence-corrected chi connectivity index (χ0v) is 14.1. The van der Waals surface area contributed by atoms with Crippen LogP contribution < -0.4 is 16.7 Å². The Kier molecular flexibility index (Phi) is 4.10. The number of thiazole rings is 1. The Balaban J connectivity index is 1.90. The number of hydrogen-bond donors (Lipinski definition) is 1. The minimum absolute atomic E-state index is 0.385.